The molecule has 0 saturated heterocycles. The Labute approximate surface area is 98.7 Å². The lowest BCUT2D eigenvalue weighted by Gasteiger charge is -2.20. The van der Waals surface area contributed by atoms with Crippen molar-refractivity contribution >= 4 is 11.8 Å². The van der Waals surface area contributed by atoms with Crippen molar-refractivity contribution in [1.29, 1.82) is 0 Å². The van der Waals surface area contributed by atoms with Crippen molar-refractivity contribution in [2.24, 2.45) is 0 Å². The van der Waals surface area contributed by atoms with E-state index in [2.05, 4.69) is 5.32 Å². The number of benzene rings is 1. The van der Waals surface area contributed by atoms with E-state index in [9.17, 15) is 14.9 Å². The number of nitrogens with zero attached hydrogens (tertiary/aromatic N) is 1. The van der Waals surface area contributed by atoms with Crippen LogP contribution in [-0.4, -0.2) is 23.2 Å². The normalized spacial score (nSPS) is 10.7. The van der Waals surface area contributed by atoms with Gasteiger partial charge in [0.1, 0.15) is 0 Å². The number of hydrogen-bond acceptors (Lipinski definition) is 4. The smallest absolute Gasteiger partial charge is 0.412 e. The third-order valence-electron chi connectivity index (χ3n) is 1.90. The van der Waals surface area contributed by atoms with Crippen molar-refractivity contribution in [3.8, 4) is 0 Å². The molecule has 6 nitrogen and oxygen atoms in total. The molecule has 0 aliphatic rings. The predicted molar refractivity (Wildman–Crippen MR) is 62.5 cm³/mol. The molecule has 1 aromatic rings. The Balaban J connectivity index is 2.52. The van der Waals surface area contributed by atoms with E-state index in [1.54, 1.807) is 24.3 Å². The molecular formula is C11H14N2O4. The number of rotatable bonds is 4. The molecule has 1 rings (SSSR count). The van der Waals surface area contributed by atoms with Crippen LogP contribution in [0.1, 0.15) is 13.8 Å². The number of para-hydroxylation sites is 1. The number of anilines is 1. The molecule has 1 aromatic carbocycles. The maximum Gasteiger partial charge on any atom is 0.412 e. The van der Waals surface area contributed by atoms with Crippen LogP contribution in [0.15, 0.2) is 30.3 Å². The van der Waals surface area contributed by atoms with E-state index in [1.165, 1.54) is 13.8 Å². The van der Waals surface area contributed by atoms with E-state index in [0.717, 1.165) is 0 Å². The number of nitrogens with one attached hydrogen (secondary N) is 1. The summed E-state index contributed by atoms with van der Waals surface area (Å²) in [5.41, 5.74) is -0.558. The van der Waals surface area contributed by atoms with Crippen molar-refractivity contribution < 1.29 is 14.5 Å². The molecule has 92 valence electrons. The van der Waals surface area contributed by atoms with Gasteiger partial charge in [-0.2, -0.15) is 0 Å². The van der Waals surface area contributed by atoms with Gasteiger partial charge < -0.3 is 4.74 Å². The summed E-state index contributed by atoms with van der Waals surface area (Å²) in [6.45, 7) is 2.54. The predicted octanol–water partition coefficient (Wildman–Crippen LogP) is 2.29. The molecule has 0 fully saturated rings. The fraction of sp³-hybridized carbons (Fsp3) is 0.364. The van der Waals surface area contributed by atoms with Crippen LogP contribution in [0.5, 0.6) is 0 Å². The summed E-state index contributed by atoms with van der Waals surface area (Å²) in [5.74, 6) is 0. The van der Waals surface area contributed by atoms with Crippen molar-refractivity contribution in [3.63, 3.8) is 0 Å². The van der Waals surface area contributed by atoms with E-state index in [-0.39, 0.29) is 0 Å². The van der Waals surface area contributed by atoms with E-state index in [1.807, 2.05) is 6.07 Å². The molecule has 0 aromatic heterocycles. The molecule has 0 unspecified atom stereocenters. The minimum absolute atomic E-state index is 0.435. The van der Waals surface area contributed by atoms with Crippen LogP contribution >= 0.6 is 0 Å². The van der Waals surface area contributed by atoms with Crippen molar-refractivity contribution in [2.75, 3.05) is 11.9 Å². The Bertz CT molecular complexity index is 403. The standard InChI is InChI=1S/C11H14N2O4/c1-11(2,8-13(15)16)17-10(14)12-9-6-4-3-5-7-9/h3-7H,8H2,1-2H3,(H,12,14). The summed E-state index contributed by atoms with van der Waals surface area (Å²) in [4.78, 5) is 21.3. The Morgan fingerprint density at radius 3 is 2.53 bits per heavy atom. The zero-order valence-electron chi connectivity index (χ0n) is 9.67. The Hall–Kier alpha value is -2.11. The van der Waals surface area contributed by atoms with Crippen molar-refractivity contribution in [2.45, 2.75) is 19.4 Å². The van der Waals surface area contributed by atoms with E-state index in [0.29, 0.717) is 5.69 Å². The highest BCUT2D eigenvalue weighted by atomic mass is 16.6. The molecule has 0 bridgehead atoms. The highest BCUT2D eigenvalue weighted by Gasteiger charge is 2.29. The summed E-state index contributed by atoms with van der Waals surface area (Å²) < 4.78 is 4.96. The van der Waals surface area contributed by atoms with Crippen LogP contribution in [0.4, 0.5) is 10.5 Å². The fourth-order valence-corrected chi connectivity index (χ4v) is 1.26. The van der Waals surface area contributed by atoms with Gasteiger partial charge in [-0.3, -0.25) is 15.4 Å². The molecule has 1 N–H and O–H groups in total. The van der Waals surface area contributed by atoms with Crippen LogP contribution in [0.3, 0.4) is 0 Å². The summed E-state index contributed by atoms with van der Waals surface area (Å²) >= 11 is 0. The first-order valence-corrected chi connectivity index (χ1v) is 5.06. The maximum absolute atomic E-state index is 11.5. The number of nitro groups is 1. The molecule has 0 heterocycles. The van der Waals surface area contributed by atoms with E-state index < -0.39 is 23.2 Å². The highest BCUT2D eigenvalue weighted by molar-refractivity contribution is 5.84. The number of carbonyl (C=O) groups excluding carboxylic acids is 1. The lowest BCUT2D eigenvalue weighted by atomic mass is 10.1. The van der Waals surface area contributed by atoms with Gasteiger partial charge in [-0.15, -0.1) is 0 Å². The fourth-order valence-electron chi connectivity index (χ4n) is 1.26. The molecule has 0 spiro atoms. The molecule has 0 atom stereocenters. The van der Waals surface area contributed by atoms with Crippen LogP contribution in [-0.2, 0) is 4.74 Å². The topological polar surface area (TPSA) is 81.5 Å². The van der Waals surface area contributed by atoms with Gasteiger partial charge in [0.2, 0.25) is 6.54 Å². The Morgan fingerprint density at radius 2 is 2.00 bits per heavy atom. The molecule has 0 aliphatic heterocycles. The second-order valence-electron chi connectivity index (χ2n) is 4.13. The molecule has 0 aliphatic carbocycles. The molecule has 17 heavy (non-hydrogen) atoms. The summed E-state index contributed by atoms with van der Waals surface area (Å²) in [6.07, 6.45) is -0.706. The molecular weight excluding hydrogens is 224 g/mol. The SMILES string of the molecule is CC(C)(C[N+](=O)[O-])OC(=O)Nc1ccccc1. The third-order valence-corrected chi connectivity index (χ3v) is 1.90. The minimum atomic E-state index is -1.14. The van der Waals surface area contributed by atoms with Gasteiger partial charge in [-0.1, -0.05) is 18.2 Å². The first-order chi connectivity index (χ1) is 7.89. The first kappa shape index (κ1) is 13.0. The maximum atomic E-state index is 11.5. The van der Waals surface area contributed by atoms with Gasteiger partial charge in [0.25, 0.3) is 0 Å². The monoisotopic (exact) mass is 238 g/mol. The first-order valence-electron chi connectivity index (χ1n) is 5.06. The number of hydrogen-bond donors (Lipinski definition) is 1. The second kappa shape index (κ2) is 5.29. The zero-order chi connectivity index (χ0) is 12.9. The molecule has 0 saturated carbocycles. The number of amides is 1. The van der Waals surface area contributed by atoms with Crippen LogP contribution in [0, 0.1) is 10.1 Å². The van der Waals surface area contributed by atoms with Crippen LogP contribution in [0.25, 0.3) is 0 Å². The summed E-state index contributed by atoms with van der Waals surface area (Å²) in [7, 11) is 0. The zero-order valence-corrected chi connectivity index (χ0v) is 9.67. The highest BCUT2D eigenvalue weighted by Crippen LogP contribution is 2.12. The van der Waals surface area contributed by atoms with Gasteiger partial charge in [0.15, 0.2) is 5.60 Å². The molecule has 0 radical (unpaired) electrons. The molecule has 1 amide bonds. The van der Waals surface area contributed by atoms with Crippen LogP contribution in [0.2, 0.25) is 0 Å². The van der Waals surface area contributed by atoms with E-state index in [4.69, 9.17) is 4.74 Å². The Morgan fingerprint density at radius 1 is 1.41 bits per heavy atom. The largest absolute Gasteiger partial charge is 0.436 e. The van der Waals surface area contributed by atoms with Gasteiger partial charge in [-0.25, -0.2) is 4.79 Å². The quantitative estimate of drug-likeness (QED) is 0.644. The second-order valence-corrected chi connectivity index (χ2v) is 4.13. The van der Waals surface area contributed by atoms with Crippen molar-refractivity contribution in [3.05, 3.63) is 40.4 Å². The lowest BCUT2D eigenvalue weighted by Crippen LogP contribution is -2.37. The van der Waals surface area contributed by atoms with Gasteiger partial charge in [0.05, 0.1) is 0 Å². The summed E-state index contributed by atoms with van der Waals surface area (Å²) in [6, 6.07) is 8.73. The number of ether oxygens (including phenoxy) is 1. The van der Waals surface area contributed by atoms with Crippen molar-refractivity contribution in [1.82, 2.24) is 0 Å². The molecule has 6 heteroatoms. The van der Waals surface area contributed by atoms with Gasteiger partial charge in [-0.05, 0) is 26.0 Å². The van der Waals surface area contributed by atoms with Crippen LogP contribution < -0.4 is 5.32 Å². The third kappa shape index (κ3) is 4.96. The van der Waals surface area contributed by atoms with Gasteiger partial charge in [0, 0.05) is 10.6 Å². The van der Waals surface area contributed by atoms with Gasteiger partial charge >= 0.3 is 6.09 Å². The average Bonchev–Trinajstić information content (AvgIpc) is 2.15. The minimum Gasteiger partial charge on any atom is -0.436 e. The Kier molecular flexibility index (Phi) is 4.03. The van der Waals surface area contributed by atoms with E-state index >= 15 is 0 Å². The number of carbonyl (C=O) groups is 1. The summed E-state index contributed by atoms with van der Waals surface area (Å²) in [5, 5.41) is 12.8. The average molecular weight is 238 g/mol. The lowest BCUT2D eigenvalue weighted by molar-refractivity contribution is -0.497.